The highest BCUT2D eigenvalue weighted by molar-refractivity contribution is 6.25. The van der Waals surface area contributed by atoms with Gasteiger partial charge in [-0.15, -0.1) is 0 Å². The molecular weight excluding hydrogens is 206 g/mol. The van der Waals surface area contributed by atoms with E-state index < -0.39 is 0 Å². The van der Waals surface area contributed by atoms with Crippen LogP contribution in [0.5, 0.6) is 0 Å². The van der Waals surface area contributed by atoms with Crippen LogP contribution in [0.4, 0.5) is 0 Å². The third kappa shape index (κ3) is 2.95. The molecule has 1 aliphatic heterocycles. The van der Waals surface area contributed by atoms with Crippen molar-refractivity contribution in [2.75, 3.05) is 26.2 Å². The third-order valence-corrected chi connectivity index (χ3v) is 3.58. The van der Waals surface area contributed by atoms with E-state index in [0.717, 1.165) is 24.6 Å². The maximum atomic E-state index is 11.0. The fourth-order valence-corrected chi connectivity index (χ4v) is 2.93. The number of nitrogens with zero attached hydrogens (tertiary/aromatic N) is 2. The summed E-state index contributed by atoms with van der Waals surface area (Å²) in [6.07, 6.45) is 5.05. The largest absolute Gasteiger partial charge is 0.411 e. The van der Waals surface area contributed by atoms with E-state index in [2.05, 4.69) is 15.4 Å². The van der Waals surface area contributed by atoms with Crippen molar-refractivity contribution in [2.45, 2.75) is 19.3 Å². The van der Waals surface area contributed by atoms with E-state index in [1.807, 2.05) is 0 Å². The summed E-state index contributed by atoms with van der Waals surface area (Å²) in [5.41, 5.74) is 0. The molecule has 1 saturated heterocycles. The lowest BCUT2D eigenvalue weighted by atomic mass is 9.99. The first-order valence-electron chi connectivity index (χ1n) is 5.95. The minimum absolute atomic E-state index is 0.331. The van der Waals surface area contributed by atoms with Crippen LogP contribution in [0.15, 0.2) is 5.16 Å². The second-order valence-corrected chi connectivity index (χ2v) is 4.84. The number of amides is 1. The molecule has 1 saturated carbocycles. The molecule has 1 aliphatic carbocycles. The van der Waals surface area contributed by atoms with Gasteiger partial charge < -0.3 is 15.4 Å². The average Bonchev–Trinajstić information content (AvgIpc) is 2.59. The van der Waals surface area contributed by atoms with Crippen LogP contribution in [0.2, 0.25) is 0 Å². The second kappa shape index (κ2) is 5.30. The Morgan fingerprint density at radius 3 is 2.75 bits per heavy atom. The molecule has 2 aliphatic rings. The number of likely N-dealkylation sites (tertiary alicyclic amines) is 1. The number of hydrogen-bond acceptors (Lipinski definition) is 4. The molecular formula is C11H19N3O2. The average molecular weight is 225 g/mol. The highest BCUT2D eigenvalue weighted by atomic mass is 16.4. The predicted octanol–water partition coefficient (Wildman–Crippen LogP) is 0.294. The van der Waals surface area contributed by atoms with E-state index in [1.54, 1.807) is 0 Å². The van der Waals surface area contributed by atoms with Gasteiger partial charge in [0.25, 0.3) is 5.91 Å². The Kier molecular flexibility index (Phi) is 3.77. The number of carbonyl (C=O) groups excluding carboxylic acids is 1. The van der Waals surface area contributed by atoms with E-state index >= 15 is 0 Å². The topological polar surface area (TPSA) is 64.9 Å². The summed E-state index contributed by atoms with van der Waals surface area (Å²) < 4.78 is 0. The zero-order valence-electron chi connectivity index (χ0n) is 9.43. The molecule has 2 N–H and O–H groups in total. The molecule has 0 aromatic rings. The summed E-state index contributed by atoms with van der Waals surface area (Å²) in [6.45, 7) is 3.89. The Morgan fingerprint density at radius 2 is 2.12 bits per heavy atom. The summed E-state index contributed by atoms with van der Waals surface area (Å²) in [5, 5.41) is 13.5. The van der Waals surface area contributed by atoms with Gasteiger partial charge in [-0.1, -0.05) is 5.16 Å². The van der Waals surface area contributed by atoms with Gasteiger partial charge in [-0.2, -0.15) is 0 Å². The standard InChI is InChI=1S/C11H19N3O2/c15-11(6-13-16)12-3-4-14-7-9-1-2-10(5-9)8-14/h6,9-10,16H,1-5,7-8H2,(H,12,15)/b13-6+. The minimum atomic E-state index is -0.331. The van der Waals surface area contributed by atoms with Crippen LogP contribution >= 0.6 is 0 Å². The zero-order valence-corrected chi connectivity index (χ0v) is 9.43. The highest BCUT2D eigenvalue weighted by Gasteiger charge is 2.32. The summed E-state index contributed by atoms with van der Waals surface area (Å²) in [5.74, 6) is 1.43. The molecule has 1 heterocycles. The quantitative estimate of drug-likeness (QED) is 0.411. The number of rotatable bonds is 4. The minimum Gasteiger partial charge on any atom is -0.411 e. The maximum Gasteiger partial charge on any atom is 0.265 e. The van der Waals surface area contributed by atoms with E-state index in [9.17, 15) is 4.79 Å². The number of nitrogens with one attached hydrogen (secondary N) is 1. The van der Waals surface area contributed by atoms with Crippen LogP contribution in [0, 0.1) is 11.8 Å². The Morgan fingerprint density at radius 1 is 1.44 bits per heavy atom. The lowest BCUT2D eigenvalue weighted by Gasteiger charge is -2.31. The third-order valence-electron chi connectivity index (χ3n) is 3.58. The number of piperidine rings is 1. The van der Waals surface area contributed by atoms with Gasteiger partial charge in [-0.3, -0.25) is 4.79 Å². The fourth-order valence-electron chi connectivity index (χ4n) is 2.93. The molecule has 90 valence electrons. The second-order valence-electron chi connectivity index (χ2n) is 4.84. The van der Waals surface area contributed by atoms with Crippen molar-refractivity contribution in [1.29, 1.82) is 0 Å². The van der Waals surface area contributed by atoms with Crippen LogP contribution in [0.25, 0.3) is 0 Å². The van der Waals surface area contributed by atoms with Crippen molar-refractivity contribution < 1.29 is 10.0 Å². The lowest BCUT2D eigenvalue weighted by molar-refractivity contribution is -0.114. The molecule has 2 unspecified atom stereocenters. The van der Waals surface area contributed by atoms with Gasteiger partial charge in [-0.25, -0.2) is 0 Å². The van der Waals surface area contributed by atoms with Crippen molar-refractivity contribution in [1.82, 2.24) is 10.2 Å². The monoisotopic (exact) mass is 225 g/mol. The SMILES string of the molecule is O=C(/C=N/O)NCCN1CC2CCC(C2)C1. The molecule has 16 heavy (non-hydrogen) atoms. The van der Waals surface area contributed by atoms with Crippen molar-refractivity contribution in [3.63, 3.8) is 0 Å². The predicted molar refractivity (Wildman–Crippen MR) is 60.6 cm³/mol. The van der Waals surface area contributed by atoms with Gasteiger partial charge in [0.15, 0.2) is 0 Å². The Balaban J connectivity index is 1.65. The van der Waals surface area contributed by atoms with Gasteiger partial charge in [0.2, 0.25) is 0 Å². The summed E-state index contributed by atoms with van der Waals surface area (Å²) in [7, 11) is 0. The van der Waals surface area contributed by atoms with Crippen molar-refractivity contribution in [3.05, 3.63) is 0 Å². The normalized spacial score (nSPS) is 29.8. The first-order valence-corrected chi connectivity index (χ1v) is 5.95. The van der Waals surface area contributed by atoms with Crippen LogP contribution in [0.1, 0.15) is 19.3 Å². The van der Waals surface area contributed by atoms with E-state index in [-0.39, 0.29) is 5.91 Å². The highest BCUT2D eigenvalue weighted by Crippen LogP contribution is 2.35. The number of fused-ring (bicyclic) bond motifs is 2. The van der Waals surface area contributed by atoms with Crippen LogP contribution in [-0.2, 0) is 4.79 Å². The number of carbonyl (C=O) groups is 1. The zero-order chi connectivity index (χ0) is 11.4. The first-order chi connectivity index (χ1) is 7.78. The Bertz CT molecular complexity index is 268. The van der Waals surface area contributed by atoms with E-state index in [1.165, 1.54) is 32.4 Å². The summed E-state index contributed by atoms with van der Waals surface area (Å²) in [6, 6.07) is 0. The van der Waals surface area contributed by atoms with Gasteiger partial charge in [-0.05, 0) is 31.1 Å². The number of oxime groups is 1. The van der Waals surface area contributed by atoms with E-state index in [0.29, 0.717) is 6.54 Å². The van der Waals surface area contributed by atoms with Gasteiger partial charge in [0.05, 0.1) is 0 Å². The summed E-state index contributed by atoms with van der Waals surface area (Å²) >= 11 is 0. The molecule has 0 aromatic heterocycles. The lowest BCUT2D eigenvalue weighted by Crippen LogP contribution is -2.41. The molecule has 2 atom stereocenters. The smallest absolute Gasteiger partial charge is 0.265 e. The molecule has 1 amide bonds. The van der Waals surface area contributed by atoms with Gasteiger partial charge >= 0.3 is 0 Å². The van der Waals surface area contributed by atoms with Crippen LogP contribution < -0.4 is 5.32 Å². The molecule has 2 bridgehead atoms. The maximum absolute atomic E-state index is 11.0. The van der Waals surface area contributed by atoms with Gasteiger partial charge in [0, 0.05) is 26.2 Å². The molecule has 5 nitrogen and oxygen atoms in total. The molecule has 0 aromatic carbocycles. The number of hydrogen-bond donors (Lipinski definition) is 2. The molecule has 2 fully saturated rings. The van der Waals surface area contributed by atoms with Crippen molar-refractivity contribution in [2.24, 2.45) is 17.0 Å². The first kappa shape index (κ1) is 11.4. The van der Waals surface area contributed by atoms with Crippen LogP contribution in [-0.4, -0.2) is 48.4 Å². The fraction of sp³-hybridized carbons (Fsp3) is 0.818. The van der Waals surface area contributed by atoms with Crippen LogP contribution in [0.3, 0.4) is 0 Å². The van der Waals surface area contributed by atoms with Crippen molar-refractivity contribution in [3.8, 4) is 0 Å². The molecule has 0 radical (unpaired) electrons. The molecule has 5 heteroatoms. The molecule has 2 rings (SSSR count). The Hall–Kier alpha value is -1.10. The summed E-state index contributed by atoms with van der Waals surface area (Å²) in [4.78, 5) is 13.4. The Labute approximate surface area is 95.5 Å². The van der Waals surface area contributed by atoms with Gasteiger partial charge in [0.1, 0.15) is 6.21 Å². The van der Waals surface area contributed by atoms with E-state index in [4.69, 9.17) is 5.21 Å². The molecule has 0 spiro atoms. The van der Waals surface area contributed by atoms with Crippen molar-refractivity contribution >= 4 is 12.1 Å².